The quantitative estimate of drug-likeness (QED) is 0.285. The number of aromatic nitrogens is 2. The number of ether oxygens (including phenoxy) is 1. The van der Waals surface area contributed by atoms with E-state index in [9.17, 15) is 4.79 Å². The van der Waals surface area contributed by atoms with Crippen LogP contribution in [0.25, 0.3) is 22.4 Å². The van der Waals surface area contributed by atoms with Gasteiger partial charge in [0.15, 0.2) is 17.6 Å². The lowest BCUT2D eigenvalue weighted by atomic mass is 9.75. The Kier molecular flexibility index (Phi) is 7.09. The smallest absolute Gasteiger partial charge is 0.348 e. The molecule has 1 unspecified atom stereocenters. The maximum absolute atomic E-state index is 13.5. The second-order valence-corrected chi connectivity index (χ2v) is 11.7. The van der Waals surface area contributed by atoms with Crippen molar-refractivity contribution >= 4 is 22.7 Å². The molecule has 5 nitrogen and oxygen atoms in total. The molecule has 0 spiro atoms. The third kappa shape index (κ3) is 5.16. The molecule has 0 amide bonds. The Bertz CT molecular complexity index is 1210. The van der Waals surface area contributed by atoms with Crippen molar-refractivity contribution in [3.05, 3.63) is 48.5 Å². The molecule has 2 aliphatic carbocycles. The van der Waals surface area contributed by atoms with Gasteiger partial charge in [0, 0.05) is 19.8 Å². The summed E-state index contributed by atoms with van der Waals surface area (Å²) in [6, 6.07) is 17.2. The molecule has 1 aromatic heterocycles. The summed E-state index contributed by atoms with van der Waals surface area (Å²) in [5.41, 5.74) is 4.59. The van der Waals surface area contributed by atoms with Crippen LogP contribution in [0.2, 0.25) is 0 Å². The second kappa shape index (κ2) is 10.3. The number of esters is 1. The van der Waals surface area contributed by atoms with Crippen LogP contribution in [0, 0.1) is 23.7 Å². The summed E-state index contributed by atoms with van der Waals surface area (Å²) in [6.45, 7) is 8.03. The SMILES string of the molecule is CC(C)C1CC[C@@H](C)C[C@H]1OC(=O)C[n+]1c(-c2ccc(N(C)C)cc2)n(CC2CC2)c2ccccc21. The highest BCUT2D eigenvalue weighted by molar-refractivity contribution is 5.78. The molecule has 3 aromatic rings. The highest BCUT2D eigenvalue weighted by atomic mass is 16.5. The minimum absolute atomic E-state index is 0.0180. The number of fused-ring (bicyclic) bond motifs is 1. The molecule has 2 saturated carbocycles. The normalized spacial score (nSPS) is 22.2. The molecule has 36 heavy (non-hydrogen) atoms. The lowest BCUT2D eigenvalue weighted by molar-refractivity contribution is -0.649. The number of hydrogen-bond acceptors (Lipinski definition) is 3. The Morgan fingerprint density at radius 2 is 1.78 bits per heavy atom. The standard InChI is InChI=1S/C31H42N3O2/c1-21(2)26-17-10-22(3)18-29(26)36-30(35)20-34-28-9-7-6-8-27(28)33(19-23-11-12-23)31(34)24-13-15-25(16-14-24)32(4)5/h6-9,13-16,21-23,26,29H,10-12,17-20H2,1-5H3/q+1/t22-,26?,29-/m1/s1. The first-order valence-corrected chi connectivity index (χ1v) is 13.8. The van der Waals surface area contributed by atoms with Gasteiger partial charge in [-0.2, -0.15) is 0 Å². The van der Waals surface area contributed by atoms with Gasteiger partial charge < -0.3 is 9.64 Å². The molecule has 192 valence electrons. The van der Waals surface area contributed by atoms with E-state index in [4.69, 9.17) is 4.74 Å². The van der Waals surface area contributed by atoms with Crippen LogP contribution in [-0.4, -0.2) is 30.7 Å². The molecular weight excluding hydrogens is 446 g/mol. The van der Waals surface area contributed by atoms with Gasteiger partial charge in [0.1, 0.15) is 6.10 Å². The number of imidazole rings is 1. The molecule has 0 aliphatic heterocycles. The molecule has 2 aliphatic rings. The van der Waals surface area contributed by atoms with Gasteiger partial charge in [-0.15, -0.1) is 0 Å². The van der Waals surface area contributed by atoms with Crippen LogP contribution in [0.3, 0.4) is 0 Å². The minimum Gasteiger partial charge on any atom is -0.459 e. The Morgan fingerprint density at radius 1 is 1.06 bits per heavy atom. The van der Waals surface area contributed by atoms with Crippen LogP contribution < -0.4 is 9.47 Å². The van der Waals surface area contributed by atoms with Gasteiger partial charge in [0.25, 0.3) is 5.82 Å². The van der Waals surface area contributed by atoms with Gasteiger partial charge in [0.2, 0.25) is 0 Å². The average Bonchev–Trinajstić information content (AvgIpc) is 3.62. The zero-order valence-electron chi connectivity index (χ0n) is 22.6. The number of carbonyl (C=O) groups excluding carboxylic acids is 1. The van der Waals surface area contributed by atoms with Crippen molar-refractivity contribution in [2.45, 2.75) is 72.1 Å². The summed E-state index contributed by atoms with van der Waals surface area (Å²) in [6.07, 6.45) is 5.93. The third-order valence-electron chi connectivity index (χ3n) is 8.29. The Morgan fingerprint density at radius 3 is 2.44 bits per heavy atom. The fraction of sp³-hybridized carbons (Fsp3) is 0.548. The van der Waals surface area contributed by atoms with Crippen molar-refractivity contribution in [1.29, 1.82) is 0 Å². The van der Waals surface area contributed by atoms with Crippen molar-refractivity contribution in [3.8, 4) is 11.4 Å². The van der Waals surface area contributed by atoms with Gasteiger partial charge in [-0.25, -0.2) is 13.9 Å². The number of rotatable bonds is 8. The minimum atomic E-state index is -0.120. The predicted molar refractivity (Wildman–Crippen MR) is 146 cm³/mol. The molecule has 0 radical (unpaired) electrons. The number of carbonyl (C=O) groups is 1. The molecular formula is C31H42N3O2+. The molecule has 0 N–H and O–H groups in total. The van der Waals surface area contributed by atoms with Crippen LogP contribution in [-0.2, 0) is 22.6 Å². The zero-order chi connectivity index (χ0) is 25.4. The van der Waals surface area contributed by atoms with E-state index in [2.05, 4.69) is 97.4 Å². The topological polar surface area (TPSA) is 38.4 Å². The zero-order valence-corrected chi connectivity index (χ0v) is 22.6. The number of nitrogens with zero attached hydrogens (tertiary/aromatic N) is 3. The average molecular weight is 489 g/mol. The number of hydrogen-bond donors (Lipinski definition) is 0. The van der Waals surface area contributed by atoms with E-state index < -0.39 is 0 Å². The van der Waals surface area contributed by atoms with Crippen LogP contribution in [0.5, 0.6) is 0 Å². The van der Waals surface area contributed by atoms with Crippen molar-refractivity contribution in [2.75, 3.05) is 19.0 Å². The van der Waals surface area contributed by atoms with Crippen molar-refractivity contribution in [1.82, 2.24) is 4.57 Å². The van der Waals surface area contributed by atoms with Gasteiger partial charge in [0.05, 0.1) is 12.1 Å². The summed E-state index contributed by atoms with van der Waals surface area (Å²) in [4.78, 5) is 15.6. The fourth-order valence-corrected chi connectivity index (χ4v) is 6.00. The summed E-state index contributed by atoms with van der Waals surface area (Å²) < 4.78 is 10.9. The van der Waals surface area contributed by atoms with E-state index in [1.54, 1.807) is 0 Å². The Hall–Kier alpha value is -2.82. The third-order valence-corrected chi connectivity index (χ3v) is 8.29. The Balaban J connectivity index is 1.52. The monoisotopic (exact) mass is 488 g/mol. The number of benzene rings is 2. The van der Waals surface area contributed by atoms with Crippen LogP contribution in [0.4, 0.5) is 5.69 Å². The first kappa shape index (κ1) is 24.9. The predicted octanol–water partition coefficient (Wildman–Crippen LogP) is 6.08. The van der Waals surface area contributed by atoms with E-state index in [1.807, 2.05) is 0 Å². The van der Waals surface area contributed by atoms with Gasteiger partial charge in [-0.1, -0.05) is 39.3 Å². The van der Waals surface area contributed by atoms with Gasteiger partial charge in [-0.3, -0.25) is 0 Å². The van der Waals surface area contributed by atoms with Crippen LogP contribution >= 0.6 is 0 Å². The summed E-state index contributed by atoms with van der Waals surface area (Å²) in [5, 5.41) is 0. The highest BCUT2D eigenvalue weighted by Crippen LogP contribution is 2.36. The van der Waals surface area contributed by atoms with Gasteiger partial charge in [-0.05, 0) is 85.8 Å². The molecule has 5 heteroatoms. The van der Waals surface area contributed by atoms with Crippen LogP contribution in [0.1, 0.15) is 52.9 Å². The number of anilines is 1. The highest BCUT2D eigenvalue weighted by Gasteiger charge is 2.36. The molecule has 1 heterocycles. The molecule has 2 aromatic carbocycles. The second-order valence-electron chi connectivity index (χ2n) is 11.7. The molecule has 5 rings (SSSR count). The summed E-state index contributed by atoms with van der Waals surface area (Å²) in [5.74, 6) is 3.28. The number of para-hydroxylation sites is 2. The lowest BCUT2D eigenvalue weighted by Crippen LogP contribution is -2.43. The first-order chi connectivity index (χ1) is 17.3. The van der Waals surface area contributed by atoms with E-state index in [0.29, 0.717) is 17.8 Å². The van der Waals surface area contributed by atoms with E-state index >= 15 is 0 Å². The van der Waals surface area contributed by atoms with Crippen molar-refractivity contribution in [3.63, 3.8) is 0 Å². The molecule has 3 atom stereocenters. The fourth-order valence-electron chi connectivity index (χ4n) is 6.00. The summed E-state index contributed by atoms with van der Waals surface area (Å²) in [7, 11) is 4.12. The van der Waals surface area contributed by atoms with E-state index in [1.165, 1.54) is 30.5 Å². The molecule has 2 fully saturated rings. The van der Waals surface area contributed by atoms with Crippen LogP contribution in [0.15, 0.2) is 48.5 Å². The summed E-state index contributed by atoms with van der Waals surface area (Å²) >= 11 is 0. The van der Waals surface area contributed by atoms with Crippen molar-refractivity contribution in [2.24, 2.45) is 23.7 Å². The molecule has 0 bridgehead atoms. The Labute approximate surface area is 216 Å². The maximum atomic E-state index is 13.5. The van der Waals surface area contributed by atoms with E-state index in [0.717, 1.165) is 42.2 Å². The first-order valence-electron chi connectivity index (χ1n) is 13.8. The van der Waals surface area contributed by atoms with E-state index in [-0.39, 0.29) is 18.6 Å². The maximum Gasteiger partial charge on any atom is 0.348 e. The van der Waals surface area contributed by atoms with Crippen molar-refractivity contribution < 1.29 is 14.1 Å². The molecule has 0 saturated heterocycles. The lowest BCUT2D eigenvalue weighted by Gasteiger charge is -2.36. The largest absolute Gasteiger partial charge is 0.459 e. The van der Waals surface area contributed by atoms with Gasteiger partial charge >= 0.3 is 5.97 Å².